The minimum absolute atomic E-state index is 0.185. The SMILES string of the molecule is COC(=O)c1ccccc1N(c1ccc(C)cc1)S(=O)[O-]. The molecule has 1 unspecified atom stereocenters. The van der Waals surface area contributed by atoms with Crippen LogP contribution in [0.1, 0.15) is 15.9 Å². The van der Waals surface area contributed by atoms with Crippen LogP contribution in [0.5, 0.6) is 0 Å². The van der Waals surface area contributed by atoms with Crippen molar-refractivity contribution in [3.8, 4) is 0 Å². The van der Waals surface area contributed by atoms with E-state index in [2.05, 4.69) is 0 Å². The molecule has 6 heteroatoms. The van der Waals surface area contributed by atoms with E-state index >= 15 is 0 Å². The van der Waals surface area contributed by atoms with Crippen LogP contribution < -0.4 is 4.31 Å². The highest BCUT2D eigenvalue weighted by molar-refractivity contribution is 7.81. The average Bonchev–Trinajstić information content (AvgIpc) is 2.49. The van der Waals surface area contributed by atoms with Crippen molar-refractivity contribution >= 4 is 28.6 Å². The fourth-order valence-corrected chi connectivity index (χ4v) is 2.53. The molecule has 0 bridgehead atoms. The maximum absolute atomic E-state index is 11.8. The second kappa shape index (κ2) is 6.51. The van der Waals surface area contributed by atoms with Crippen molar-refractivity contribution in [3.05, 3.63) is 59.7 Å². The molecule has 0 heterocycles. The minimum atomic E-state index is -2.57. The molecular weight excluding hydrogens is 290 g/mol. The smallest absolute Gasteiger partial charge is 0.340 e. The standard InChI is InChI=1S/C15H15NO4S/c1-11-7-9-12(10-8-11)16(21(18)19)14-6-4-3-5-13(14)15(17)20-2/h3-10H,1-2H3,(H,18,19)/p-1. The van der Waals surface area contributed by atoms with Gasteiger partial charge in [-0.1, -0.05) is 29.8 Å². The van der Waals surface area contributed by atoms with E-state index < -0.39 is 17.2 Å². The zero-order valence-electron chi connectivity index (χ0n) is 11.6. The molecule has 0 amide bonds. The van der Waals surface area contributed by atoms with Gasteiger partial charge in [0.05, 0.1) is 35.3 Å². The number of benzene rings is 2. The molecule has 5 nitrogen and oxygen atoms in total. The Morgan fingerprint density at radius 1 is 1.14 bits per heavy atom. The Kier molecular flexibility index (Phi) is 4.72. The zero-order chi connectivity index (χ0) is 15.4. The number of carbonyl (C=O) groups is 1. The van der Waals surface area contributed by atoms with Crippen molar-refractivity contribution in [2.75, 3.05) is 11.4 Å². The molecular formula is C15H14NO4S-. The van der Waals surface area contributed by atoms with Gasteiger partial charge in [-0.25, -0.2) is 4.79 Å². The molecule has 0 aliphatic heterocycles. The molecule has 2 aromatic carbocycles. The Labute approximate surface area is 125 Å². The summed E-state index contributed by atoms with van der Waals surface area (Å²) in [5.74, 6) is -0.590. The lowest BCUT2D eigenvalue weighted by atomic mass is 10.1. The lowest BCUT2D eigenvalue weighted by molar-refractivity contribution is 0.0602. The molecule has 0 aromatic heterocycles. The number of aryl methyl sites for hydroxylation is 1. The summed E-state index contributed by atoms with van der Waals surface area (Å²) in [6, 6.07) is 13.4. The molecule has 0 saturated carbocycles. The molecule has 0 spiro atoms. The van der Waals surface area contributed by atoms with Gasteiger partial charge in [0.1, 0.15) is 0 Å². The second-order valence-electron chi connectivity index (χ2n) is 4.36. The highest BCUT2D eigenvalue weighted by Gasteiger charge is 2.18. The van der Waals surface area contributed by atoms with Crippen molar-refractivity contribution in [3.63, 3.8) is 0 Å². The number of para-hydroxylation sites is 1. The second-order valence-corrected chi connectivity index (χ2v) is 5.16. The minimum Gasteiger partial charge on any atom is -0.755 e. The van der Waals surface area contributed by atoms with E-state index in [4.69, 9.17) is 4.74 Å². The molecule has 1 atom stereocenters. The van der Waals surface area contributed by atoms with E-state index in [1.165, 1.54) is 13.2 Å². The fraction of sp³-hybridized carbons (Fsp3) is 0.133. The molecule has 2 aromatic rings. The first-order valence-electron chi connectivity index (χ1n) is 6.18. The van der Waals surface area contributed by atoms with E-state index in [1.807, 2.05) is 6.92 Å². The predicted octanol–water partition coefficient (Wildman–Crippen LogP) is 2.71. The summed E-state index contributed by atoms with van der Waals surface area (Å²) in [4.78, 5) is 11.8. The topological polar surface area (TPSA) is 69.7 Å². The highest BCUT2D eigenvalue weighted by Crippen LogP contribution is 2.30. The summed E-state index contributed by atoms with van der Waals surface area (Å²) >= 11 is -2.57. The summed E-state index contributed by atoms with van der Waals surface area (Å²) in [7, 11) is 1.25. The van der Waals surface area contributed by atoms with Crippen LogP contribution in [-0.4, -0.2) is 21.8 Å². The van der Waals surface area contributed by atoms with Crippen LogP contribution in [0.4, 0.5) is 11.4 Å². The Morgan fingerprint density at radius 2 is 1.76 bits per heavy atom. The lowest BCUT2D eigenvalue weighted by Gasteiger charge is -2.28. The number of esters is 1. The van der Waals surface area contributed by atoms with Gasteiger partial charge in [0.25, 0.3) is 0 Å². The van der Waals surface area contributed by atoms with E-state index in [0.717, 1.165) is 9.87 Å². The van der Waals surface area contributed by atoms with Crippen molar-refractivity contribution in [2.24, 2.45) is 0 Å². The number of ether oxygens (including phenoxy) is 1. The van der Waals surface area contributed by atoms with Crippen LogP contribution in [0.25, 0.3) is 0 Å². The highest BCUT2D eigenvalue weighted by atomic mass is 32.2. The third kappa shape index (κ3) is 3.29. The van der Waals surface area contributed by atoms with Gasteiger partial charge >= 0.3 is 5.97 Å². The van der Waals surface area contributed by atoms with E-state index in [1.54, 1.807) is 42.5 Å². The first kappa shape index (κ1) is 15.2. The molecule has 0 saturated heterocycles. The third-order valence-electron chi connectivity index (χ3n) is 2.95. The normalized spacial score (nSPS) is 11.8. The number of hydrogen-bond donors (Lipinski definition) is 0. The Morgan fingerprint density at radius 3 is 2.33 bits per heavy atom. The molecule has 0 aliphatic rings. The van der Waals surface area contributed by atoms with E-state index in [0.29, 0.717) is 5.69 Å². The van der Waals surface area contributed by atoms with Gasteiger partial charge in [-0.15, -0.1) is 0 Å². The van der Waals surface area contributed by atoms with Crippen molar-refractivity contribution in [1.82, 2.24) is 0 Å². The Hall–Kier alpha value is -2.18. The Bertz CT molecular complexity index is 670. The van der Waals surface area contributed by atoms with Crippen LogP contribution >= 0.6 is 0 Å². The van der Waals surface area contributed by atoms with Gasteiger partial charge in [0.2, 0.25) is 0 Å². The van der Waals surface area contributed by atoms with Crippen molar-refractivity contribution < 1.29 is 18.3 Å². The van der Waals surface area contributed by atoms with Gasteiger partial charge < -0.3 is 9.29 Å². The molecule has 21 heavy (non-hydrogen) atoms. The molecule has 0 N–H and O–H groups in total. The molecule has 0 fully saturated rings. The monoisotopic (exact) mass is 304 g/mol. The van der Waals surface area contributed by atoms with Gasteiger partial charge in [-0.2, -0.15) is 0 Å². The van der Waals surface area contributed by atoms with Gasteiger partial charge in [-0.3, -0.25) is 8.51 Å². The first-order chi connectivity index (χ1) is 10.0. The maximum Gasteiger partial charge on any atom is 0.340 e. The number of anilines is 2. The van der Waals surface area contributed by atoms with Crippen LogP contribution in [0.2, 0.25) is 0 Å². The summed E-state index contributed by atoms with van der Waals surface area (Å²) in [5.41, 5.74) is 1.90. The fourth-order valence-electron chi connectivity index (χ4n) is 1.92. The maximum atomic E-state index is 11.8. The average molecular weight is 304 g/mol. The van der Waals surface area contributed by atoms with Crippen LogP contribution in [0, 0.1) is 6.92 Å². The number of hydrogen-bond acceptors (Lipinski definition) is 4. The summed E-state index contributed by atoms with van der Waals surface area (Å²) < 4.78 is 29.0. The number of carbonyl (C=O) groups excluding carboxylic acids is 1. The van der Waals surface area contributed by atoms with Gasteiger partial charge in [-0.05, 0) is 31.2 Å². The molecule has 0 radical (unpaired) electrons. The predicted molar refractivity (Wildman–Crippen MR) is 80.0 cm³/mol. The van der Waals surface area contributed by atoms with E-state index in [-0.39, 0.29) is 11.3 Å². The summed E-state index contributed by atoms with van der Waals surface area (Å²) in [6.07, 6.45) is 0. The third-order valence-corrected chi connectivity index (χ3v) is 3.65. The number of rotatable bonds is 4. The quantitative estimate of drug-likeness (QED) is 0.643. The zero-order valence-corrected chi connectivity index (χ0v) is 12.4. The Balaban J connectivity index is 2.56. The number of nitrogens with zero attached hydrogens (tertiary/aromatic N) is 1. The van der Waals surface area contributed by atoms with Crippen LogP contribution in [0.3, 0.4) is 0 Å². The van der Waals surface area contributed by atoms with E-state index in [9.17, 15) is 13.6 Å². The molecule has 2 rings (SSSR count). The number of methoxy groups -OCH3 is 1. The lowest BCUT2D eigenvalue weighted by Crippen LogP contribution is -2.22. The first-order valence-corrected chi connectivity index (χ1v) is 7.21. The van der Waals surface area contributed by atoms with Gasteiger partial charge in [0, 0.05) is 0 Å². The van der Waals surface area contributed by atoms with Crippen molar-refractivity contribution in [2.45, 2.75) is 6.92 Å². The largest absolute Gasteiger partial charge is 0.755 e. The molecule has 0 aliphatic carbocycles. The molecule has 110 valence electrons. The summed E-state index contributed by atoms with van der Waals surface area (Å²) in [5, 5.41) is 0. The van der Waals surface area contributed by atoms with Crippen LogP contribution in [-0.2, 0) is 16.0 Å². The van der Waals surface area contributed by atoms with Crippen LogP contribution in [0.15, 0.2) is 48.5 Å². The van der Waals surface area contributed by atoms with Crippen molar-refractivity contribution in [1.29, 1.82) is 0 Å². The summed E-state index contributed by atoms with van der Waals surface area (Å²) in [6.45, 7) is 1.91. The van der Waals surface area contributed by atoms with Gasteiger partial charge in [0.15, 0.2) is 0 Å².